The van der Waals surface area contributed by atoms with E-state index in [0.717, 1.165) is 11.1 Å². The number of aromatic nitrogens is 2. The lowest BCUT2D eigenvalue weighted by atomic mass is 10.1. The van der Waals surface area contributed by atoms with E-state index in [2.05, 4.69) is 9.82 Å². The largest absolute Gasteiger partial charge is 0.394 e. The normalized spacial score (nSPS) is 11.7. The number of benzene rings is 1. The van der Waals surface area contributed by atoms with Gasteiger partial charge in [0.05, 0.1) is 19.3 Å². The van der Waals surface area contributed by atoms with E-state index in [1.54, 1.807) is 0 Å². The summed E-state index contributed by atoms with van der Waals surface area (Å²) in [6.07, 6.45) is 3.33. The fourth-order valence-electron chi connectivity index (χ4n) is 2.00. The van der Waals surface area contributed by atoms with Gasteiger partial charge in [-0.3, -0.25) is 4.68 Å². The Hall–Kier alpha value is -1.70. The lowest BCUT2D eigenvalue weighted by Crippen LogP contribution is -2.25. The van der Waals surface area contributed by atoms with Gasteiger partial charge in [-0.2, -0.15) is 5.10 Å². The Labute approximate surface area is 124 Å². The van der Waals surface area contributed by atoms with Gasteiger partial charge in [0.2, 0.25) is 10.0 Å². The maximum atomic E-state index is 12.1. The van der Waals surface area contributed by atoms with Gasteiger partial charge >= 0.3 is 0 Å². The average molecular weight is 309 g/mol. The van der Waals surface area contributed by atoms with Gasteiger partial charge in [0.15, 0.2) is 0 Å². The molecule has 1 aromatic carbocycles. The summed E-state index contributed by atoms with van der Waals surface area (Å²) in [6.45, 7) is 2.53. The molecule has 0 spiro atoms. The highest BCUT2D eigenvalue weighted by atomic mass is 32.2. The number of sulfonamides is 1. The van der Waals surface area contributed by atoms with Crippen molar-refractivity contribution in [1.29, 1.82) is 0 Å². The van der Waals surface area contributed by atoms with E-state index in [0.29, 0.717) is 13.0 Å². The summed E-state index contributed by atoms with van der Waals surface area (Å²) in [6, 6.07) is 7.89. The smallest absolute Gasteiger partial charge is 0.243 e. The molecule has 0 unspecified atom stereocenters. The van der Waals surface area contributed by atoms with Crippen LogP contribution >= 0.6 is 0 Å². The summed E-state index contributed by atoms with van der Waals surface area (Å²) < 4.78 is 28.2. The van der Waals surface area contributed by atoms with E-state index in [1.807, 2.05) is 31.2 Å². The Morgan fingerprint density at radius 3 is 2.81 bits per heavy atom. The third-order valence-corrected chi connectivity index (χ3v) is 4.61. The van der Waals surface area contributed by atoms with E-state index in [1.165, 1.54) is 17.1 Å². The first kappa shape index (κ1) is 15.7. The van der Waals surface area contributed by atoms with Crippen molar-refractivity contribution < 1.29 is 13.5 Å². The quantitative estimate of drug-likeness (QED) is 0.789. The zero-order valence-corrected chi connectivity index (χ0v) is 12.7. The molecule has 21 heavy (non-hydrogen) atoms. The van der Waals surface area contributed by atoms with Crippen molar-refractivity contribution >= 4 is 10.0 Å². The van der Waals surface area contributed by atoms with Gasteiger partial charge in [0.1, 0.15) is 4.90 Å². The minimum atomic E-state index is -3.56. The Morgan fingerprint density at radius 2 is 2.10 bits per heavy atom. The molecule has 6 nitrogen and oxygen atoms in total. The van der Waals surface area contributed by atoms with Gasteiger partial charge in [-0.15, -0.1) is 0 Å². The van der Waals surface area contributed by atoms with Crippen LogP contribution in [0.15, 0.2) is 41.6 Å². The molecule has 0 saturated heterocycles. The van der Waals surface area contributed by atoms with Crippen LogP contribution < -0.4 is 4.72 Å². The fraction of sp³-hybridized carbons (Fsp3) is 0.357. The molecule has 7 heteroatoms. The van der Waals surface area contributed by atoms with Gasteiger partial charge in [-0.1, -0.05) is 24.3 Å². The zero-order chi connectivity index (χ0) is 15.3. The molecule has 114 valence electrons. The number of aliphatic hydroxyl groups excluding tert-OH is 1. The maximum absolute atomic E-state index is 12.1. The van der Waals surface area contributed by atoms with Crippen LogP contribution in [0.25, 0.3) is 0 Å². The summed E-state index contributed by atoms with van der Waals surface area (Å²) in [5.41, 5.74) is 2.27. The molecule has 0 bridgehead atoms. The SMILES string of the molecule is Cc1ccccc1CCNS(=O)(=O)c1cnn(CCO)c1. The van der Waals surface area contributed by atoms with Crippen molar-refractivity contribution in [3.05, 3.63) is 47.8 Å². The van der Waals surface area contributed by atoms with Crippen LogP contribution in [0.1, 0.15) is 11.1 Å². The van der Waals surface area contributed by atoms with Crippen LogP contribution in [0.3, 0.4) is 0 Å². The molecule has 0 radical (unpaired) electrons. The summed E-state index contributed by atoms with van der Waals surface area (Å²) in [7, 11) is -3.56. The van der Waals surface area contributed by atoms with E-state index in [9.17, 15) is 8.42 Å². The summed E-state index contributed by atoms with van der Waals surface area (Å²) in [5.74, 6) is 0. The van der Waals surface area contributed by atoms with Crippen molar-refractivity contribution in [1.82, 2.24) is 14.5 Å². The third-order valence-electron chi connectivity index (χ3n) is 3.20. The van der Waals surface area contributed by atoms with Crippen molar-refractivity contribution in [2.45, 2.75) is 24.8 Å². The predicted molar refractivity (Wildman–Crippen MR) is 79.4 cm³/mol. The Bertz CT molecular complexity index is 695. The lowest BCUT2D eigenvalue weighted by molar-refractivity contribution is 0.269. The molecular weight excluding hydrogens is 290 g/mol. The summed E-state index contributed by atoms with van der Waals surface area (Å²) >= 11 is 0. The number of hydrogen-bond donors (Lipinski definition) is 2. The molecule has 0 atom stereocenters. The van der Waals surface area contributed by atoms with Gasteiger partial charge in [0, 0.05) is 12.7 Å². The van der Waals surface area contributed by atoms with Crippen LogP contribution in [0.2, 0.25) is 0 Å². The average Bonchev–Trinajstić information content (AvgIpc) is 2.91. The second kappa shape index (κ2) is 6.84. The number of nitrogens with zero attached hydrogens (tertiary/aromatic N) is 2. The van der Waals surface area contributed by atoms with Gasteiger partial charge in [-0.25, -0.2) is 13.1 Å². The number of aliphatic hydroxyl groups is 1. The predicted octanol–water partition coefficient (Wildman–Crippen LogP) is 0.705. The van der Waals surface area contributed by atoms with E-state index < -0.39 is 10.0 Å². The second-order valence-corrected chi connectivity index (χ2v) is 6.50. The van der Waals surface area contributed by atoms with Crippen molar-refractivity contribution in [3.8, 4) is 0 Å². The molecule has 2 rings (SSSR count). The van der Waals surface area contributed by atoms with Crippen LogP contribution in [-0.4, -0.2) is 36.5 Å². The minimum Gasteiger partial charge on any atom is -0.394 e. The van der Waals surface area contributed by atoms with Crippen LogP contribution in [-0.2, 0) is 23.0 Å². The number of rotatable bonds is 7. The maximum Gasteiger partial charge on any atom is 0.243 e. The number of nitrogens with one attached hydrogen (secondary N) is 1. The molecule has 2 N–H and O–H groups in total. The molecule has 0 aliphatic heterocycles. The first-order chi connectivity index (χ1) is 10.0. The summed E-state index contributed by atoms with van der Waals surface area (Å²) in [5, 5.41) is 12.7. The number of aryl methyl sites for hydroxylation is 1. The first-order valence-corrected chi connectivity index (χ1v) is 8.19. The molecule has 2 aromatic rings. The second-order valence-electron chi connectivity index (χ2n) is 4.74. The first-order valence-electron chi connectivity index (χ1n) is 6.70. The standard InChI is InChI=1S/C14H19N3O3S/c1-12-4-2-3-5-13(12)6-7-16-21(19,20)14-10-15-17(11-14)8-9-18/h2-5,10-11,16,18H,6-9H2,1H3. The monoisotopic (exact) mass is 309 g/mol. The molecule has 0 saturated carbocycles. The molecule has 0 amide bonds. The van der Waals surface area contributed by atoms with Crippen molar-refractivity contribution in [2.75, 3.05) is 13.2 Å². The highest BCUT2D eigenvalue weighted by Crippen LogP contribution is 2.09. The van der Waals surface area contributed by atoms with E-state index >= 15 is 0 Å². The van der Waals surface area contributed by atoms with Gasteiger partial charge < -0.3 is 5.11 Å². The lowest BCUT2D eigenvalue weighted by Gasteiger charge is -2.07. The highest BCUT2D eigenvalue weighted by molar-refractivity contribution is 7.89. The van der Waals surface area contributed by atoms with E-state index in [-0.39, 0.29) is 18.0 Å². The minimum absolute atomic E-state index is 0.0815. The molecule has 0 aliphatic carbocycles. The third kappa shape index (κ3) is 4.13. The van der Waals surface area contributed by atoms with Crippen molar-refractivity contribution in [2.24, 2.45) is 0 Å². The summed E-state index contributed by atoms with van der Waals surface area (Å²) in [4.78, 5) is 0.112. The molecule has 0 aliphatic rings. The van der Waals surface area contributed by atoms with Gasteiger partial charge in [-0.05, 0) is 24.5 Å². The van der Waals surface area contributed by atoms with Crippen LogP contribution in [0, 0.1) is 6.92 Å². The zero-order valence-electron chi connectivity index (χ0n) is 11.9. The fourth-order valence-corrected chi connectivity index (χ4v) is 2.99. The van der Waals surface area contributed by atoms with Crippen LogP contribution in [0.4, 0.5) is 0 Å². The van der Waals surface area contributed by atoms with Gasteiger partial charge in [0.25, 0.3) is 0 Å². The Kier molecular flexibility index (Phi) is 5.11. The van der Waals surface area contributed by atoms with Crippen LogP contribution in [0.5, 0.6) is 0 Å². The Balaban J connectivity index is 1.96. The Morgan fingerprint density at radius 1 is 1.33 bits per heavy atom. The molecule has 1 aromatic heterocycles. The van der Waals surface area contributed by atoms with E-state index in [4.69, 9.17) is 5.11 Å². The number of hydrogen-bond acceptors (Lipinski definition) is 4. The highest BCUT2D eigenvalue weighted by Gasteiger charge is 2.15. The van der Waals surface area contributed by atoms with Crippen molar-refractivity contribution in [3.63, 3.8) is 0 Å². The topological polar surface area (TPSA) is 84.2 Å². The molecule has 0 fully saturated rings. The molecule has 1 heterocycles. The molecular formula is C14H19N3O3S.